The van der Waals surface area contributed by atoms with Crippen LogP contribution in [0, 0.1) is 0 Å². The fourth-order valence-electron chi connectivity index (χ4n) is 2.14. The Morgan fingerprint density at radius 1 is 0.696 bits per heavy atom. The van der Waals surface area contributed by atoms with Crippen molar-refractivity contribution < 1.29 is 49.0 Å². The van der Waals surface area contributed by atoms with Gasteiger partial charge in [-0.2, -0.15) is 35.0 Å². The average molecular weight is 418 g/mol. The molecule has 0 bridgehead atoms. The summed E-state index contributed by atoms with van der Waals surface area (Å²) < 4.78 is 2.59. The number of hydrogen-bond acceptors (Lipinski definition) is 0. The minimum absolute atomic E-state index is 0. The maximum atomic E-state index is 3.28. The Balaban J connectivity index is 0.000000336. The second-order valence-corrected chi connectivity index (χ2v) is 5.36. The third kappa shape index (κ3) is 6.82. The molecule has 4 aromatic rings. The van der Waals surface area contributed by atoms with Crippen molar-refractivity contribution in [1.82, 2.24) is 0 Å². The summed E-state index contributed by atoms with van der Waals surface area (Å²) in [6.45, 7) is 3.28. The first-order chi connectivity index (χ1) is 10.3. The molecule has 0 saturated heterocycles. The summed E-state index contributed by atoms with van der Waals surface area (Å²) in [7, 11) is 0. The molecule has 116 valence electrons. The first-order valence-electron chi connectivity index (χ1n) is 6.75. The predicted molar refractivity (Wildman–Crippen MR) is 89.7 cm³/mol. The van der Waals surface area contributed by atoms with Crippen LogP contribution in [0.2, 0.25) is 0 Å². The summed E-state index contributed by atoms with van der Waals surface area (Å²) in [6.07, 6.45) is 0. The van der Waals surface area contributed by atoms with Crippen LogP contribution in [0.3, 0.4) is 0 Å². The van der Waals surface area contributed by atoms with Crippen molar-refractivity contribution in [2.24, 2.45) is 0 Å². The van der Waals surface area contributed by atoms with E-state index in [1.54, 1.807) is 0 Å². The third-order valence-corrected chi connectivity index (χ3v) is 3.10. The summed E-state index contributed by atoms with van der Waals surface area (Å²) in [5.74, 6) is 0. The number of rotatable bonds is 0. The van der Waals surface area contributed by atoms with Gasteiger partial charge in [0.25, 0.3) is 0 Å². The molecule has 0 heterocycles. The molecule has 0 spiro atoms. The molecule has 4 aromatic carbocycles. The van der Waals surface area contributed by atoms with Crippen LogP contribution < -0.4 is 24.8 Å². The summed E-state index contributed by atoms with van der Waals surface area (Å²) >= 11 is 1.27. The number of hydrogen-bond donors (Lipinski definition) is 0. The van der Waals surface area contributed by atoms with Gasteiger partial charge in [0.1, 0.15) is 0 Å². The maximum Gasteiger partial charge on any atom is -0.0809 e. The molecule has 0 fully saturated rings. The average Bonchev–Trinajstić information content (AvgIpc) is 3.17. The van der Waals surface area contributed by atoms with Gasteiger partial charge in [-0.05, 0) is 0 Å². The van der Waals surface area contributed by atoms with Crippen molar-refractivity contribution in [2.45, 2.75) is 0 Å². The number of benzene rings is 2. The van der Waals surface area contributed by atoms with Crippen LogP contribution >= 0.6 is 0 Å². The van der Waals surface area contributed by atoms with Crippen LogP contribution in [0.4, 0.5) is 0 Å². The van der Waals surface area contributed by atoms with Crippen molar-refractivity contribution in [3.05, 3.63) is 91.5 Å². The molecule has 0 atom stereocenters. The molecule has 0 radical (unpaired) electrons. The quantitative estimate of drug-likeness (QED) is 0.330. The summed E-state index contributed by atoms with van der Waals surface area (Å²) in [6, 6.07) is 29.3. The first-order valence-corrected chi connectivity index (χ1v) is 7.98. The minimum atomic E-state index is 0. The van der Waals surface area contributed by atoms with Crippen LogP contribution in [-0.4, -0.2) is 3.36 Å². The standard InChI is InChI=1S/2C9H7.C2H2.2ClH.Zr/c2*1-2-5-9-7-3-6-8(9)4-1;1-2;;;/h2*1-7H;1H2;2*1H;/q2*-1;;;;+2/p-2. The SMILES string of the molecule is C=[C]=[Zr+2].[Cl-].[Cl-].c1ccc2[cH-]ccc2c1.c1ccc2[cH-]ccc2c1. The van der Waals surface area contributed by atoms with Crippen LogP contribution in [0.25, 0.3) is 21.5 Å². The Bertz CT molecular complexity index is 710. The fraction of sp³-hybridized carbons (Fsp3) is 0. The van der Waals surface area contributed by atoms with E-state index in [1.807, 2.05) is 0 Å². The van der Waals surface area contributed by atoms with Crippen molar-refractivity contribution in [2.75, 3.05) is 0 Å². The summed E-state index contributed by atoms with van der Waals surface area (Å²) in [5.41, 5.74) is 0. The Labute approximate surface area is 164 Å². The largest absolute Gasteiger partial charge is 1.00 e. The van der Waals surface area contributed by atoms with Crippen LogP contribution in [0.5, 0.6) is 0 Å². The van der Waals surface area contributed by atoms with Gasteiger partial charge < -0.3 is 24.8 Å². The Morgan fingerprint density at radius 2 is 1.04 bits per heavy atom. The maximum absolute atomic E-state index is 3.28. The van der Waals surface area contributed by atoms with Gasteiger partial charge in [-0.1, -0.05) is 12.1 Å². The van der Waals surface area contributed by atoms with E-state index in [1.165, 1.54) is 45.8 Å². The zero-order chi connectivity index (χ0) is 14.9. The van der Waals surface area contributed by atoms with Gasteiger partial charge in [-0.3, -0.25) is 0 Å². The predicted octanol–water partition coefficient (Wildman–Crippen LogP) is -0.754. The molecule has 0 N–H and O–H groups in total. The topological polar surface area (TPSA) is 0 Å². The van der Waals surface area contributed by atoms with Gasteiger partial charge in [0.2, 0.25) is 0 Å². The van der Waals surface area contributed by atoms with E-state index >= 15 is 0 Å². The van der Waals surface area contributed by atoms with E-state index in [2.05, 4.69) is 94.9 Å². The molecule has 0 nitrogen and oxygen atoms in total. The molecule has 3 heteroatoms. The molecule has 0 aliphatic rings. The Morgan fingerprint density at radius 3 is 1.39 bits per heavy atom. The second-order valence-electron chi connectivity index (χ2n) is 4.49. The Kier molecular flexibility index (Phi) is 11.6. The molecule has 23 heavy (non-hydrogen) atoms. The van der Waals surface area contributed by atoms with Crippen molar-refractivity contribution >= 4 is 24.9 Å². The van der Waals surface area contributed by atoms with Crippen molar-refractivity contribution in [1.29, 1.82) is 0 Å². The summed E-state index contributed by atoms with van der Waals surface area (Å²) in [5, 5.41) is 5.32. The second kappa shape index (κ2) is 12.2. The normalized spacial score (nSPS) is 8.43. The van der Waals surface area contributed by atoms with E-state index in [9.17, 15) is 0 Å². The van der Waals surface area contributed by atoms with E-state index in [-0.39, 0.29) is 24.8 Å². The van der Waals surface area contributed by atoms with Crippen molar-refractivity contribution in [3.63, 3.8) is 0 Å². The molecule has 0 aromatic heterocycles. The van der Waals surface area contributed by atoms with E-state index in [0.29, 0.717) is 0 Å². The fourth-order valence-corrected chi connectivity index (χ4v) is 2.14. The van der Waals surface area contributed by atoms with Gasteiger partial charge in [0, 0.05) is 0 Å². The van der Waals surface area contributed by atoms with Crippen molar-refractivity contribution in [3.8, 4) is 0 Å². The van der Waals surface area contributed by atoms with E-state index < -0.39 is 0 Å². The van der Waals surface area contributed by atoms with Crippen LogP contribution in [-0.2, 0) is 24.2 Å². The van der Waals surface area contributed by atoms with Crippen LogP contribution in [0.1, 0.15) is 0 Å². The molecular formula is C20H16Cl2Zr-2. The monoisotopic (exact) mass is 416 g/mol. The summed E-state index contributed by atoms with van der Waals surface area (Å²) in [4.78, 5) is 0. The minimum Gasteiger partial charge on any atom is -1.00 e. The molecule has 0 saturated carbocycles. The molecule has 0 amide bonds. The first kappa shape index (κ1) is 21.8. The number of halogens is 2. The molecule has 0 aliphatic carbocycles. The number of fused-ring (bicyclic) bond motifs is 2. The molecule has 0 unspecified atom stereocenters. The zero-order valence-corrected chi connectivity index (χ0v) is 16.5. The smallest absolute Gasteiger partial charge is 0.0809 e. The van der Waals surface area contributed by atoms with E-state index in [4.69, 9.17) is 0 Å². The van der Waals surface area contributed by atoms with Gasteiger partial charge in [0.15, 0.2) is 0 Å². The van der Waals surface area contributed by atoms with Gasteiger partial charge in [0.05, 0.1) is 0 Å². The van der Waals surface area contributed by atoms with Gasteiger partial charge in [-0.25, -0.2) is 0 Å². The van der Waals surface area contributed by atoms with Crippen LogP contribution in [0.15, 0.2) is 91.5 Å². The molecular weight excluding hydrogens is 402 g/mol. The molecule has 0 aliphatic heterocycles. The zero-order valence-electron chi connectivity index (χ0n) is 12.5. The third-order valence-electron chi connectivity index (χ3n) is 3.10. The molecule has 4 rings (SSSR count). The van der Waals surface area contributed by atoms with Gasteiger partial charge >= 0.3 is 34.2 Å². The van der Waals surface area contributed by atoms with E-state index in [0.717, 1.165) is 0 Å². The Hall–Kier alpha value is -1.23. The van der Waals surface area contributed by atoms with Gasteiger partial charge in [-0.15, -0.1) is 59.3 Å².